The molecule has 0 unspecified atom stereocenters. The maximum Gasteiger partial charge on any atom is 0.343 e. The molecule has 0 spiro atoms. The first kappa shape index (κ1) is 22.3. The van der Waals surface area contributed by atoms with Crippen LogP contribution in [0, 0.1) is 6.92 Å². The summed E-state index contributed by atoms with van der Waals surface area (Å²) in [4.78, 5) is 25.6. The highest BCUT2D eigenvalue weighted by molar-refractivity contribution is 5.93. The maximum atomic E-state index is 12.8. The lowest BCUT2D eigenvalue weighted by molar-refractivity contribution is 0.0680. The fourth-order valence-electron chi connectivity index (χ4n) is 3.42. The van der Waals surface area contributed by atoms with Crippen molar-refractivity contribution in [3.05, 3.63) is 94.5 Å². The topological polar surface area (TPSA) is 52.6 Å². The third-order valence-corrected chi connectivity index (χ3v) is 5.26. The van der Waals surface area contributed by atoms with E-state index in [4.69, 9.17) is 9.47 Å². The van der Waals surface area contributed by atoms with Gasteiger partial charge in [0.25, 0.3) is 0 Å². The molecule has 0 heterocycles. The van der Waals surface area contributed by atoms with Crippen molar-refractivity contribution in [2.24, 2.45) is 0 Å². The van der Waals surface area contributed by atoms with E-state index in [0.29, 0.717) is 29.0 Å². The normalized spacial score (nSPS) is 10.5. The van der Waals surface area contributed by atoms with Crippen LogP contribution in [-0.2, 0) is 12.8 Å². The van der Waals surface area contributed by atoms with Gasteiger partial charge in [0.1, 0.15) is 0 Å². The predicted octanol–water partition coefficient (Wildman–Crippen LogP) is 6.34. The number of aryl methyl sites for hydroxylation is 2. The van der Waals surface area contributed by atoms with Crippen LogP contribution in [0.5, 0.6) is 11.5 Å². The van der Waals surface area contributed by atoms with Gasteiger partial charge in [0, 0.05) is 0 Å². The zero-order valence-electron chi connectivity index (χ0n) is 18.3. The Morgan fingerprint density at radius 3 is 1.74 bits per heavy atom. The molecule has 4 nitrogen and oxygen atoms in total. The maximum absolute atomic E-state index is 12.8. The van der Waals surface area contributed by atoms with E-state index in [1.165, 1.54) is 0 Å². The minimum atomic E-state index is -0.479. The molecule has 0 aliphatic carbocycles. The highest BCUT2D eigenvalue weighted by Crippen LogP contribution is 2.39. The molecule has 3 aromatic rings. The van der Waals surface area contributed by atoms with Crippen LogP contribution < -0.4 is 9.47 Å². The van der Waals surface area contributed by atoms with E-state index in [9.17, 15) is 9.59 Å². The van der Waals surface area contributed by atoms with Crippen molar-refractivity contribution in [2.45, 2.75) is 46.5 Å². The molecule has 0 aliphatic rings. The molecule has 0 atom stereocenters. The summed E-state index contributed by atoms with van der Waals surface area (Å²) in [6.07, 6.45) is 3.61. The van der Waals surface area contributed by atoms with E-state index in [1.807, 2.05) is 26.0 Å². The second kappa shape index (κ2) is 10.6. The summed E-state index contributed by atoms with van der Waals surface area (Å²) in [7, 11) is 0. The van der Waals surface area contributed by atoms with Gasteiger partial charge in [-0.1, -0.05) is 62.7 Å². The highest BCUT2D eigenvalue weighted by Gasteiger charge is 2.23. The van der Waals surface area contributed by atoms with Crippen molar-refractivity contribution in [3.63, 3.8) is 0 Å². The minimum absolute atomic E-state index is 0.318. The zero-order chi connectivity index (χ0) is 22.2. The first-order valence-corrected chi connectivity index (χ1v) is 10.7. The Morgan fingerprint density at radius 2 is 1.26 bits per heavy atom. The molecule has 31 heavy (non-hydrogen) atoms. The molecule has 0 fully saturated rings. The lowest BCUT2D eigenvalue weighted by Gasteiger charge is -2.19. The standard InChI is InChI=1S/C27H28O4/c1-4-6-13-23-18-20(5-2)25(31-27(29)22-16-11-8-12-17-22)24(19(23)3)30-26(28)21-14-9-7-10-15-21/h7-12,14-18H,4-6,13H2,1-3H3. The average molecular weight is 417 g/mol. The van der Waals surface area contributed by atoms with Gasteiger partial charge in [-0.25, -0.2) is 9.59 Å². The van der Waals surface area contributed by atoms with E-state index < -0.39 is 11.9 Å². The van der Waals surface area contributed by atoms with Crippen LogP contribution >= 0.6 is 0 Å². The first-order valence-electron chi connectivity index (χ1n) is 10.7. The molecular weight excluding hydrogens is 388 g/mol. The predicted molar refractivity (Wildman–Crippen MR) is 122 cm³/mol. The Balaban J connectivity index is 2.05. The number of carbonyl (C=O) groups is 2. The summed E-state index contributed by atoms with van der Waals surface area (Å²) in [5, 5.41) is 0. The fraction of sp³-hybridized carbons (Fsp3) is 0.259. The van der Waals surface area contributed by atoms with Crippen LogP contribution in [0.2, 0.25) is 0 Å². The third-order valence-electron chi connectivity index (χ3n) is 5.26. The number of hydrogen-bond acceptors (Lipinski definition) is 4. The first-order chi connectivity index (χ1) is 15.0. The molecule has 0 aliphatic heterocycles. The second-order valence-corrected chi connectivity index (χ2v) is 7.45. The summed E-state index contributed by atoms with van der Waals surface area (Å²) in [6.45, 7) is 6.05. The quantitative estimate of drug-likeness (QED) is 0.318. The van der Waals surface area contributed by atoms with E-state index in [0.717, 1.165) is 36.0 Å². The van der Waals surface area contributed by atoms with Crippen LogP contribution in [-0.4, -0.2) is 11.9 Å². The van der Waals surface area contributed by atoms with Crippen LogP contribution in [0.4, 0.5) is 0 Å². The van der Waals surface area contributed by atoms with Crippen molar-refractivity contribution in [2.75, 3.05) is 0 Å². The summed E-state index contributed by atoms with van der Waals surface area (Å²) >= 11 is 0. The van der Waals surface area contributed by atoms with E-state index in [-0.39, 0.29) is 0 Å². The van der Waals surface area contributed by atoms with Crippen LogP contribution in [0.15, 0.2) is 66.7 Å². The molecule has 4 heteroatoms. The largest absolute Gasteiger partial charge is 0.419 e. The number of ether oxygens (including phenoxy) is 2. The van der Waals surface area contributed by atoms with E-state index in [2.05, 4.69) is 13.0 Å². The lowest BCUT2D eigenvalue weighted by Crippen LogP contribution is -2.15. The van der Waals surface area contributed by atoms with Crippen LogP contribution in [0.25, 0.3) is 0 Å². The average Bonchev–Trinajstić information content (AvgIpc) is 2.81. The van der Waals surface area contributed by atoms with Crippen molar-refractivity contribution in [1.29, 1.82) is 0 Å². The van der Waals surface area contributed by atoms with Crippen LogP contribution in [0.3, 0.4) is 0 Å². The molecule has 0 bridgehead atoms. The summed E-state index contributed by atoms with van der Waals surface area (Å²) in [6, 6.07) is 19.7. The fourth-order valence-corrected chi connectivity index (χ4v) is 3.42. The number of esters is 2. The molecule has 0 aromatic heterocycles. The Hall–Kier alpha value is -3.40. The SMILES string of the molecule is CCCCc1cc(CC)c(OC(=O)c2ccccc2)c(OC(=O)c2ccccc2)c1C. The lowest BCUT2D eigenvalue weighted by atomic mass is 9.97. The Kier molecular flexibility index (Phi) is 7.60. The third kappa shape index (κ3) is 5.40. The summed E-state index contributed by atoms with van der Waals surface area (Å²) in [5.74, 6) is -0.314. The Bertz CT molecular complexity index is 1040. The Labute approximate surface area is 183 Å². The Morgan fingerprint density at radius 1 is 0.742 bits per heavy atom. The number of carbonyl (C=O) groups excluding carboxylic acids is 2. The highest BCUT2D eigenvalue weighted by atomic mass is 16.6. The second-order valence-electron chi connectivity index (χ2n) is 7.45. The van der Waals surface area contributed by atoms with Crippen molar-refractivity contribution in [3.8, 4) is 11.5 Å². The van der Waals surface area contributed by atoms with Gasteiger partial charge in [0.2, 0.25) is 0 Å². The molecule has 0 amide bonds. The minimum Gasteiger partial charge on any atom is -0.419 e. The van der Waals surface area contributed by atoms with Crippen molar-refractivity contribution < 1.29 is 19.1 Å². The molecule has 0 saturated carbocycles. The van der Waals surface area contributed by atoms with Gasteiger partial charge in [0.15, 0.2) is 11.5 Å². The molecular formula is C27H28O4. The number of unbranched alkanes of at least 4 members (excludes halogenated alkanes) is 1. The molecule has 160 valence electrons. The van der Waals surface area contributed by atoms with Gasteiger partial charge < -0.3 is 9.47 Å². The van der Waals surface area contributed by atoms with Gasteiger partial charge in [-0.15, -0.1) is 0 Å². The van der Waals surface area contributed by atoms with Gasteiger partial charge >= 0.3 is 11.9 Å². The number of benzene rings is 3. The molecule has 0 N–H and O–H groups in total. The van der Waals surface area contributed by atoms with Gasteiger partial charge in [-0.3, -0.25) is 0 Å². The van der Waals surface area contributed by atoms with Gasteiger partial charge in [0.05, 0.1) is 11.1 Å². The van der Waals surface area contributed by atoms with E-state index >= 15 is 0 Å². The van der Waals surface area contributed by atoms with Gasteiger partial charge in [-0.2, -0.15) is 0 Å². The monoisotopic (exact) mass is 416 g/mol. The summed E-state index contributed by atoms with van der Waals surface area (Å²) < 4.78 is 11.7. The van der Waals surface area contributed by atoms with Crippen molar-refractivity contribution >= 4 is 11.9 Å². The van der Waals surface area contributed by atoms with Crippen LogP contribution in [0.1, 0.15) is 64.1 Å². The smallest absolute Gasteiger partial charge is 0.343 e. The number of hydrogen-bond donors (Lipinski definition) is 0. The van der Waals surface area contributed by atoms with Crippen molar-refractivity contribution in [1.82, 2.24) is 0 Å². The zero-order valence-corrected chi connectivity index (χ0v) is 18.3. The van der Waals surface area contributed by atoms with E-state index in [1.54, 1.807) is 48.5 Å². The van der Waals surface area contributed by atoms with Gasteiger partial charge in [-0.05, 0) is 67.1 Å². The molecule has 0 radical (unpaired) electrons. The molecule has 3 aromatic carbocycles. The molecule has 3 rings (SSSR count). The molecule has 0 saturated heterocycles. The number of rotatable bonds is 8. The summed E-state index contributed by atoms with van der Waals surface area (Å²) in [5.41, 5.74) is 3.66.